The Labute approximate surface area is 217 Å². The van der Waals surface area contributed by atoms with Crippen LogP contribution < -0.4 is 10.5 Å². The summed E-state index contributed by atoms with van der Waals surface area (Å²) in [5.74, 6) is -1.18. The van der Waals surface area contributed by atoms with Gasteiger partial charge >= 0.3 is 5.56 Å². The number of morpholine rings is 1. The number of rotatable bonds is 5. The number of ether oxygens (including phenoxy) is 1. The van der Waals surface area contributed by atoms with Gasteiger partial charge in [-0.1, -0.05) is 6.07 Å². The Morgan fingerprint density at radius 1 is 1.25 bits per heavy atom. The van der Waals surface area contributed by atoms with Gasteiger partial charge in [0.05, 0.1) is 28.3 Å². The lowest BCUT2D eigenvalue weighted by molar-refractivity contribution is 0.122. The van der Waals surface area contributed by atoms with Crippen molar-refractivity contribution in [2.24, 2.45) is 0 Å². The van der Waals surface area contributed by atoms with Gasteiger partial charge in [0.1, 0.15) is 16.5 Å². The highest BCUT2D eigenvalue weighted by Gasteiger charge is 2.21. The number of benzene rings is 1. The third kappa shape index (κ3) is 4.75. The fraction of sp³-hybridized carbons (Fsp3) is 0.261. The van der Waals surface area contributed by atoms with E-state index >= 15 is 0 Å². The van der Waals surface area contributed by atoms with Crippen LogP contribution in [0, 0.1) is 5.82 Å². The number of nitrogens with zero attached hydrogens (tertiary/aromatic N) is 4. The van der Waals surface area contributed by atoms with Gasteiger partial charge in [-0.05, 0) is 39.7 Å². The zero-order chi connectivity index (χ0) is 25.6. The second kappa shape index (κ2) is 9.54. The first-order chi connectivity index (χ1) is 17.1. The molecule has 0 spiro atoms. The van der Waals surface area contributed by atoms with Crippen molar-refractivity contribution >= 4 is 48.4 Å². The van der Waals surface area contributed by atoms with E-state index in [1.54, 1.807) is 6.20 Å². The first-order valence-corrected chi connectivity index (χ1v) is 14.3. The molecule has 1 N–H and O–H groups in total. The minimum absolute atomic E-state index is 0.0264. The fourth-order valence-corrected chi connectivity index (χ4v) is 6.41. The first-order valence-electron chi connectivity index (χ1n) is 10.8. The van der Waals surface area contributed by atoms with E-state index in [0.717, 1.165) is 29.3 Å². The quantitative estimate of drug-likeness (QED) is 0.374. The largest absolute Gasteiger partial charge is 0.501 e. The molecule has 1 aliphatic heterocycles. The van der Waals surface area contributed by atoms with Gasteiger partial charge in [-0.3, -0.25) is 9.20 Å². The number of sulfone groups is 1. The molecule has 0 aliphatic carbocycles. The minimum Gasteiger partial charge on any atom is -0.501 e. The van der Waals surface area contributed by atoms with Gasteiger partial charge in [-0.15, -0.1) is 11.3 Å². The van der Waals surface area contributed by atoms with Crippen molar-refractivity contribution in [3.8, 4) is 16.5 Å². The number of anilines is 1. The highest BCUT2D eigenvalue weighted by molar-refractivity contribution is 9.10. The molecule has 9 nitrogen and oxygen atoms in total. The summed E-state index contributed by atoms with van der Waals surface area (Å²) in [7, 11) is -3.64. The number of thiazole rings is 1. The molecular formula is C23H20BrFN4O5S2. The van der Waals surface area contributed by atoms with Gasteiger partial charge in [0, 0.05) is 43.0 Å². The molecule has 0 atom stereocenters. The number of halogens is 2. The van der Waals surface area contributed by atoms with Crippen LogP contribution in [0.3, 0.4) is 0 Å². The highest BCUT2D eigenvalue weighted by Crippen LogP contribution is 2.33. The molecule has 3 aromatic heterocycles. The Hall–Kier alpha value is -2.87. The van der Waals surface area contributed by atoms with Crippen LogP contribution >= 0.6 is 27.3 Å². The van der Waals surface area contributed by atoms with E-state index < -0.39 is 27.0 Å². The molecule has 13 heteroatoms. The van der Waals surface area contributed by atoms with E-state index in [1.807, 2.05) is 6.07 Å². The maximum atomic E-state index is 13.7. The Kier molecular flexibility index (Phi) is 6.57. The molecule has 5 rings (SSSR count). The van der Waals surface area contributed by atoms with E-state index in [4.69, 9.17) is 4.74 Å². The van der Waals surface area contributed by atoms with Crippen LogP contribution in [0.5, 0.6) is 5.75 Å². The molecule has 0 amide bonds. The Morgan fingerprint density at radius 2 is 2.00 bits per heavy atom. The number of aromatic hydroxyl groups is 1. The second-order valence-corrected chi connectivity index (χ2v) is 12.2. The average molecular weight is 595 g/mol. The lowest BCUT2D eigenvalue weighted by Crippen LogP contribution is -2.36. The standard InChI is InChI=1S/C23H20BrFN4O5S2/c1-36(32,33)18-9-14(25)3-2-13(18)8-16-11-26-22(35-16)19-20(30)23(31)29-12-15(10-17(24)21(29)27-19)28-4-6-34-7-5-28/h2-3,9-12,30H,4-8H2,1H3. The summed E-state index contributed by atoms with van der Waals surface area (Å²) < 4.78 is 45.1. The summed E-state index contributed by atoms with van der Waals surface area (Å²) in [6.45, 7) is 2.54. The number of hydrogen-bond acceptors (Lipinski definition) is 9. The lowest BCUT2D eigenvalue weighted by atomic mass is 10.1. The van der Waals surface area contributed by atoms with Crippen molar-refractivity contribution in [1.82, 2.24) is 14.4 Å². The van der Waals surface area contributed by atoms with Crippen molar-refractivity contribution in [2.45, 2.75) is 11.3 Å². The number of aromatic nitrogens is 3. The molecule has 4 heterocycles. The summed E-state index contributed by atoms with van der Waals surface area (Å²) in [6.07, 6.45) is 4.37. The predicted octanol–water partition coefficient (Wildman–Crippen LogP) is 3.26. The molecular weight excluding hydrogens is 575 g/mol. The third-order valence-electron chi connectivity index (χ3n) is 5.77. The van der Waals surface area contributed by atoms with Crippen molar-refractivity contribution in [3.63, 3.8) is 0 Å². The molecule has 4 aromatic rings. The molecule has 1 aromatic carbocycles. The van der Waals surface area contributed by atoms with Crippen LogP contribution in [-0.2, 0) is 21.0 Å². The van der Waals surface area contributed by atoms with E-state index in [0.29, 0.717) is 51.9 Å². The monoisotopic (exact) mass is 594 g/mol. The summed E-state index contributed by atoms with van der Waals surface area (Å²) in [6, 6.07) is 5.48. The van der Waals surface area contributed by atoms with Gasteiger partial charge in [0.25, 0.3) is 0 Å². The van der Waals surface area contributed by atoms with Gasteiger partial charge in [0.15, 0.2) is 15.5 Å². The van der Waals surface area contributed by atoms with Crippen molar-refractivity contribution in [2.75, 3.05) is 37.5 Å². The van der Waals surface area contributed by atoms with Crippen LogP contribution in [0.4, 0.5) is 10.1 Å². The molecule has 0 radical (unpaired) electrons. The maximum Gasteiger partial charge on any atom is 0.300 e. The summed E-state index contributed by atoms with van der Waals surface area (Å²) in [5.41, 5.74) is 0.924. The Morgan fingerprint density at radius 3 is 2.72 bits per heavy atom. The van der Waals surface area contributed by atoms with Crippen LogP contribution in [0.15, 0.2) is 50.8 Å². The van der Waals surface area contributed by atoms with E-state index in [2.05, 4.69) is 30.8 Å². The van der Waals surface area contributed by atoms with Crippen LogP contribution in [-0.4, -0.2) is 60.5 Å². The van der Waals surface area contributed by atoms with Crippen molar-refractivity contribution in [1.29, 1.82) is 0 Å². The summed E-state index contributed by atoms with van der Waals surface area (Å²) in [4.78, 5) is 24.5. The average Bonchev–Trinajstić information content (AvgIpc) is 3.30. The second-order valence-electron chi connectivity index (χ2n) is 8.29. The summed E-state index contributed by atoms with van der Waals surface area (Å²) in [5, 5.41) is 11.0. The van der Waals surface area contributed by atoms with Crippen LogP contribution in [0.25, 0.3) is 16.3 Å². The van der Waals surface area contributed by atoms with Crippen molar-refractivity contribution < 1.29 is 22.7 Å². The fourth-order valence-electron chi connectivity index (χ4n) is 4.03. The molecule has 0 unspecified atom stereocenters. The SMILES string of the molecule is CS(=O)(=O)c1cc(F)ccc1Cc1cnc(-c2nc3c(Br)cc(N4CCOCC4)cn3c(=O)c2O)s1. The van der Waals surface area contributed by atoms with Gasteiger partial charge < -0.3 is 14.7 Å². The number of pyridine rings is 1. The highest BCUT2D eigenvalue weighted by atomic mass is 79.9. The molecule has 1 fully saturated rings. The summed E-state index contributed by atoms with van der Waals surface area (Å²) >= 11 is 4.66. The molecule has 0 saturated carbocycles. The smallest absolute Gasteiger partial charge is 0.300 e. The molecule has 1 saturated heterocycles. The normalized spacial score (nSPS) is 14.5. The molecule has 36 heavy (non-hydrogen) atoms. The number of hydrogen-bond donors (Lipinski definition) is 1. The first kappa shape index (κ1) is 24.8. The number of fused-ring (bicyclic) bond motifs is 1. The van der Waals surface area contributed by atoms with Gasteiger partial charge in [-0.25, -0.2) is 22.8 Å². The third-order valence-corrected chi connectivity index (χ3v) is 8.53. The van der Waals surface area contributed by atoms with Gasteiger partial charge in [0.2, 0.25) is 5.75 Å². The zero-order valence-corrected chi connectivity index (χ0v) is 22.2. The topological polar surface area (TPSA) is 114 Å². The predicted molar refractivity (Wildman–Crippen MR) is 137 cm³/mol. The van der Waals surface area contributed by atoms with Gasteiger partial charge in [-0.2, -0.15) is 0 Å². The van der Waals surface area contributed by atoms with E-state index in [1.165, 1.54) is 22.7 Å². The van der Waals surface area contributed by atoms with Crippen LogP contribution in [0.2, 0.25) is 0 Å². The van der Waals surface area contributed by atoms with Crippen LogP contribution in [0.1, 0.15) is 10.4 Å². The molecule has 0 bridgehead atoms. The van der Waals surface area contributed by atoms with E-state index in [9.17, 15) is 22.7 Å². The minimum atomic E-state index is -3.64. The zero-order valence-electron chi connectivity index (χ0n) is 18.9. The van der Waals surface area contributed by atoms with E-state index in [-0.39, 0.29) is 17.0 Å². The Bertz CT molecular complexity index is 1650. The molecule has 188 valence electrons. The molecule has 1 aliphatic rings. The Balaban J connectivity index is 1.52. The van der Waals surface area contributed by atoms with Crippen molar-refractivity contribution in [3.05, 3.63) is 67.7 Å². The lowest BCUT2D eigenvalue weighted by Gasteiger charge is -2.29. The maximum absolute atomic E-state index is 13.7.